The Morgan fingerprint density at radius 1 is 0.833 bits per heavy atom. The Bertz CT molecular complexity index is 2330. The molecule has 0 aliphatic heterocycles. The number of fused-ring (bicyclic) bond motifs is 6. The van der Waals surface area contributed by atoms with E-state index in [4.69, 9.17) is 14.4 Å². The zero-order valence-electron chi connectivity index (χ0n) is 34.7. The van der Waals surface area contributed by atoms with Gasteiger partial charge in [-0.2, -0.15) is 0 Å². The van der Waals surface area contributed by atoms with Crippen LogP contribution in [0.1, 0.15) is 130 Å². The molecule has 2 aromatic heterocycles. The van der Waals surface area contributed by atoms with E-state index < -0.39 is 0 Å². The van der Waals surface area contributed by atoms with Gasteiger partial charge in [0.15, 0.2) is 5.78 Å². The Hall–Kier alpha value is -3.86. The first kappa shape index (κ1) is 42.9. The molecule has 0 spiro atoms. The van der Waals surface area contributed by atoms with Gasteiger partial charge in [-0.15, -0.1) is 18.2 Å². The van der Waals surface area contributed by atoms with Crippen molar-refractivity contribution in [2.45, 2.75) is 127 Å². The predicted molar refractivity (Wildman–Crippen MR) is 224 cm³/mol. The third-order valence-electron chi connectivity index (χ3n) is 11.9. The fraction of sp³-hybridized carbons (Fsp3) is 0.438. The van der Waals surface area contributed by atoms with Crippen molar-refractivity contribution in [2.24, 2.45) is 10.8 Å². The van der Waals surface area contributed by atoms with Gasteiger partial charge in [-0.3, -0.25) is 9.78 Å². The predicted octanol–water partition coefficient (Wildman–Crippen LogP) is 13.8. The molecule has 6 heteroatoms. The van der Waals surface area contributed by atoms with E-state index in [0.29, 0.717) is 5.92 Å². The number of furan rings is 1. The molecule has 0 aliphatic carbocycles. The van der Waals surface area contributed by atoms with Crippen LogP contribution in [0.4, 0.5) is 0 Å². The van der Waals surface area contributed by atoms with Crippen molar-refractivity contribution in [2.75, 3.05) is 0 Å². The van der Waals surface area contributed by atoms with Crippen LogP contribution in [0.25, 0.3) is 54.9 Å². The monoisotopic (exact) mass is 904 g/mol. The van der Waals surface area contributed by atoms with Gasteiger partial charge in [-0.25, -0.2) is 4.98 Å². The van der Waals surface area contributed by atoms with Crippen molar-refractivity contribution < 1.29 is 34.4 Å². The van der Waals surface area contributed by atoms with Crippen molar-refractivity contribution in [3.63, 3.8) is 0 Å². The molecule has 2 heterocycles. The van der Waals surface area contributed by atoms with Crippen LogP contribution in [-0.4, -0.2) is 20.9 Å². The molecule has 5 nitrogen and oxygen atoms in total. The minimum atomic E-state index is -0.337. The summed E-state index contributed by atoms with van der Waals surface area (Å²) in [7, 11) is 0. The first-order valence-electron chi connectivity index (χ1n) is 19.5. The van der Waals surface area contributed by atoms with E-state index >= 15 is 0 Å². The van der Waals surface area contributed by atoms with E-state index in [1.54, 1.807) is 0 Å². The molecule has 54 heavy (non-hydrogen) atoms. The Balaban J connectivity index is 0.000000309. The van der Waals surface area contributed by atoms with Gasteiger partial charge in [0, 0.05) is 53.5 Å². The molecule has 6 aromatic rings. The fourth-order valence-corrected chi connectivity index (χ4v) is 6.97. The molecule has 0 saturated heterocycles. The summed E-state index contributed by atoms with van der Waals surface area (Å²) < 4.78 is 6.49. The number of ketones is 1. The van der Waals surface area contributed by atoms with E-state index in [9.17, 15) is 9.90 Å². The minimum Gasteiger partial charge on any atom is -0.512 e. The molecule has 289 valence electrons. The van der Waals surface area contributed by atoms with Crippen molar-refractivity contribution in [3.8, 4) is 11.3 Å². The SMILES string of the molecule is CCC(C)(CC)C(=O)/C=C(\O)C(C)(CC)CC.Cc1nc(-c2[c-]ccc3c2oc2cc(C(C)C)ccc23)c2ccc3cc(C(C)(C)C)cc(C)c3c2n1.[Ir]. The first-order chi connectivity index (χ1) is 24.9. The number of benzene rings is 4. The third-order valence-corrected chi connectivity index (χ3v) is 11.9. The summed E-state index contributed by atoms with van der Waals surface area (Å²) in [5, 5.41) is 15.8. The molecular formula is C48H59IrN2O3-. The van der Waals surface area contributed by atoms with Crippen LogP contribution in [0.5, 0.6) is 0 Å². The Labute approximate surface area is 336 Å². The molecule has 0 atom stereocenters. The zero-order valence-corrected chi connectivity index (χ0v) is 37.1. The number of aliphatic hydroxyl groups is 1. The summed E-state index contributed by atoms with van der Waals surface area (Å²) in [4.78, 5) is 22.0. The number of aliphatic hydroxyl groups excluding tert-OH is 1. The van der Waals surface area contributed by atoms with Crippen LogP contribution in [0.2, 0.25) is 0 Å². The van der Waals surface area contributed by atoms with E-state index in [1.807, 2.05) is 54.5 Å². The Morgan fingerprint density at radius 2 is 1.46 bits per heavy atom. The van der Waals surface area contributed by atoms with E-state index in [2.05, 4.69) is 96.1 Å². The molecule has 1 radical (unpaired) electrons. The number of aryl methyl sites for hydroxylation is 2. The second-order valence-electron chi connectivity index (χ2n) is 16.8. The number of hydrogen-bond acceptors (Lipinski definition) is 5. The molecule has 0 aliphatic rings. The van der Waals surface area contributed by atoms with Gasteiger partial charge in [0.05, 0.1) is 11.1 Å². The summed E-state index contributed by atoms with van der Waals surface area (Å²) >= 11 is 0. The molecule has 1 N–H and O–H groups in total. The number of nitrogens with zero attached hydrogens (tertiary/aromatic N) is 2. The van der Waals surface area contributed by atoms with Crippen LogP contribution in [0.3, 0.4) is 0 Å². The molecule has 0 saturated carbocycles. The van der Waals surface area contributed by atoms with Gasteiger partial charge in [0.1, 0.15) is 17.2 Å². The van der Waals surface area contributed by atoms with Gasteiger partial charge < -0.3 is 9.52 Å². The van der Waals surface area contributed by atoms with E-state index in [1.165, 1.54) is 33.5 Å². The molecular weight excluding hydrogens is 845 g/mol. The normalized spacial score (nSPS) is 12.7. The molecule has 6 rings (SSSR count). The summed E-state index contributed by atoms with van der Waals surface area (Å²) in [6, 6.07) is 23.0. The van der Waals surface area contributed by atoms with Crippen LogP contribution < -0.4 is 0 Å². The molecule has 4 aromatic carbocycles. The minimum absolute atomic E-state index is 0. The number of carbonyl (C=O) groups is 1. The van der Waals surface area contributed by atoms with Gasteiger partial charge in [0.2, 0.25) is 0 Å². The number of allylic oxidation sites excluding steroid dienone is 2. The number of aromatic nitrogens is 2. The number of hydrogen-bond donors (Lipinski definition) is 1. The Kier molecular flexibility index (Phi) is 13.1. The van der Waals surface area contributed by atoms with Gasteiger partial charge in [0.25, 0.3) is 0 Å². The zero-order chi connectivity index (χ0) is 39.0. The fourth-order valence-electron chi connectivity index (χ4n) is 6.97. The van der Waals surface area contributed by atoms with Crippen LogP contribution in [0, 0.1) is 30.7 Å². The smallest absolute Gasteiger partial charge is 0.164 e. The van der Waals surface area contributed by atoms with Crippen molar-refractivity contribution >= 4 is 49.4 Å². The van der Waals surface area contributed by atoms with Crippen LogP contribution in [-0.2, 0) is 30.3 Å². The van der Waals surface area contributed by atoms with Crippen LogP contribution >= 0.6 is 0 Å². The van der Waals surface area contributed by atoms with Crippen molar-refractivity contribution in [1.82, 2.24) is 9.97 Å². The second kappa shape index (κ2) is 16.5. The summed E-state index contributed by atoms with van der Waals surface area (Å²) in [5.41, 5.74) is 7.79. The molecule has 0 bridgehead atoms. The average Bonchev–Trinajstić information content (AvgIpc) is 3.51. The molecule has 0 fully saturated rings. The van der Waals surface area contributed by atoms with Crippen molar-refractivity contribution in [3.05, 3.63) is 95.0 Å². The topological polar surface area (TPSA) is 76.2 Å². The maximum absolute atomic E-state index is 12.2. The quantitative estimate of drug-likeness (QED) is 0.0677. The number of rotatable bonds is 9. The van der Waals surface area contributed by atoms with Gasteiger partial charge >= 0.3 is 0 Å². The maximum Gasteiger partial charge on any atom is 0.164 e. The van der Waals surface area contributed by atoms with Crippen molar-refractivity contribution in [1.29, 1.82) is 0 Å². The summed E-state index contributed by atoms with van der Waals surface area (Å²) in [6.07, 6.45) is 4.75. The van der Waals surface area contributed by atoms with E-state index in [-0.39, 0.29) is 47.9 Å². The Morgan fingerprint density at radius 3 is 2.06 bits per heavy atom. The number of carbonyl (C=O) groups excluding carboxylic acids is 1. The molecule has 0 amide bonds. The standard InChI is InChI=1S/C33H31N2O.C15H28O2.Ir/c1-18(2)21-11-13-24-25-9-8-10-27(32(25)36-28(24)17-21)30-26-14-12-22-16-23(33(5,6)7)15-19(3)29(22)31(26)35-20(4)34-30;1-7-14(5,8-2)12(16)11-13(17)15(6,9-3)10-4;/h8-9,11-18H,1-7H3;11,16H,7-10H2,1-6H3;/q-1;;/b;12-11-;. The molecule has 0 unspecified atom stereocenters. The third kappa shape index (κ3) is 8.21. The summed E-state index contributed by atoms with van der Waals surface area (Å²) in [6.45, 7) is 27.4. The maximum atomic E-state index is 12.2. The van der Waals surface area contributed by atoms with Crippen LogP contribution in [0.15, 0.2) is 70.8 Å². The first-order valence-corrected chi connectivity index (χ1v) is 19.5. The van der Waals surface area contributed by atoms with Gasteiger partial charge in [-0.05, 0) is 84.4 Å². The van der Waals surface area contributed by atoms with E-state index in [0.717, 1.165) is 75.6 Å². The second-order valence-corrected chi connectivity index (χ2v) is 16.8. The summed E-state index contributed by atoms with van der Waals surface area (Å²) in [5.74, 6) is 1.47. The van der Waals surface area contributed by atoms with Gasteiger partial charge in [-0.1, -0.05) is 124 Å². The largest absolute Gasteiger partial charge is 0.512 e. The average molecular weight is 904 g/mol.